The Balaban J connectivity index is 1.74. The normalized spacial score (nSPS) is 11.4. The molecular formula is C23H23N3O3. The molecule has 1 atom stereocenters. The second kappa shape index (κ2) is 9.01. The molecule has 0 bridgehead atoms. The molecule has 0 fully saturated rings. The summed E-state index contributed by atoms with van der Waals surface area (Å²) >= 11 is 0. The lowest BCUT2D eigenvalue weighted by Crippen LogP contribution is -2.27. The Morgan fingerprint density at radius 3 is 2.34 bits per heavy atom. The van der Waals surface area contributed by atoms with Crippen molar-refractivity contribution in [3.8, 4) is 5.75 Å². The molecule has 3 aromatic rings. The summed E-state index contributed by atoms with van der Waals surface area (Å²) in [5.74, 6) is -0.105. The maximum Gasteiger partial charge on any atom is 0.257 e. The molecule has 2 amide bonds. The monoisotopic (exact) mass is 389 g/mol. The van der Waals surface area contributed by atoms with E-state index in [1.807, 2.05) is 56.3 Å². The number of ether oxygens (including phenoxy) is 1. The van der Waals surface area contributed by atoms with Crippen LogP contribution in [0.5, 0.6) is 5.75 Å². The Kier molecular flexibility index (Phi) is 6.24. The van der Waals surface area contributed by atoms with Crippen molar-refractivity contribution in [3.63, 3.8) is 0 Å². The molecular weight excluding hydrogens is 366 g/mol. The molecule has 0 aliphatic carbocycles. The molecule has 3 rings (SSSR count). The van der Waals surface area contributed by atoms with Gasteiger partial charge in [-0.05, 0) is 43.2 Å². The summed E-state index contributed by atoms with van der Waals surface area (Å²) in [7, 11) is 1.54. The van der Waals surface area contributed by atoms with Crippen LogP contribution in [0.1, 0.15) is 44.8 Å². The molecule has 2 N–H and O–H groups in total. The number of nitrogens with one attached hydrogen (secondary N) is 2. The quantitative estimate of drug-likeness (QED) is 0.664. The van der Waals surface area contributed by atoms with E-state index in [2.05, 4.69) is 15.6 Å². The highest BCUT2D eigenvalue weighted by molar-refractivity contribution is 6.06. The van der Waals surface area contributed by atoms with Gasteiger partial charge >= 0.3 is 0 Å². The number of amides is 2. The van der Waals surface area contributed by atoms with E-state index in [1.54, 1.807) is 13.2 Å². The number of carbonyl (C=O) groups is 2. The number of hydrogen-bond acceptors (Lipinski definition) is 4. The topological polar surface area (TPSA) is 80.3 Å². The van der Waals surface area contributed by atoms with Crippen LogP contribution in [-0.2, 0) is 0 Å². The SMILES string of the molecule is COc1ccc(C)cc1NC(=O)c1cncc(C(=O)NC(C)c2ccccc2)c1. The Morgan fingerprint density at radius 1 is 0.966 bits per heavy atom. The van der Waals surface area contributed by atoms with Crippen molar-refractivity contribution in [2.75, 3.05) is 12.4 Å². The van der Waals surface area contributed by atoms with Gasteiger partial charge in [0, 0.05) is 12.4 Å². The standard InChI is InChI=1S/C23H23N3O3/c1-15-9-10-21(29-3)20(11-15)26-23(28)19-12-18(13-24-14-19)22(27)25-16(2)17-7-5-4-6-8-17/h4-14,16H,1-3H3,(H,25,27)(H,26,28). The van der Waals surface area contributed by atoms with Gasteiger partial charge in [-0.25, -0.2) is 0 Å². The Morgan fingerprint density at radius 2 is 1.66 bits per heavy atom. The number of anilines is 1. The van der Waals surface area contributed by atoms with E-state index in [0.29, 0.717) is 17.0 Å². The summed E-state index contributed by atoms with van der Waals surface area (Å²) in [6.07, 6.45) is 2.87. The highest BCUT2D eigenvalue weighted by Crippen LogP contribution is 2.25. The lowest BCUT2D eigenvalue weighted by Gasteiger charge is -2.14. The maximum atomic E-state index is 12.7. The maximum absolute atomic E-state index is 12.7. The Hall–Kier alpha value is -3.67. The summed E-state index contributed by atoms with van der Waals surface area (Å²) in [5, 5.41) is 5.74. The predicted molar refractivity (Wildman–Crippen MR) is 112 cm³/mol. The highest BCUT2D eigenvalue weighted by Gasteiger charge is 2.15. The van der Waals surface area contributed by atoms with Crippen LogP contribution in [0.4, 0.5) is 5.69 Å². The van der Waals surface area contributed by atoms with Gasteiger partial charge in [0.1, 0.15) is 5.75 Å². The minimum absolute atomic E-state index is 0.169. The van der Waals surface area contributed by atoms with Crippen LogP contribution in [0.15, 0.2) is 67.0 Å². The van der Waals surface area contributed by atoms with Crippen molar-refractivity contribution in [1.29, 1.82) is 0 Å². The molecule has 29 heavy (non-hydrogen) atoms. The molecule has 2 aromatic carbocycles. The number of aryl methyl sites for hydroxylation is 1. The molecule has 0 saturated heterocycles. The average molecular weight is 389 g/mol. The molecule has 6 heteroatoms. The van der Waals surface area contributed by atoms with Crippen LogP contribution in [0.2, 0.25) is 0 Å². The van der Waals surface area contributed by atoms with Gasteiger partial charge in [-0.1, -0.05) is 36.4 Å². The van der Waals surface area contributed by atoms with Crippen LogP contribution in [0.25, 0.3) is 0 Å². The minimum atomic E-state index is -0.368. The zero-order valence-electron chi connectivity index (χ0n) is 16.6. The van der Waals surface area contributed by atoms with Crippen LogP contribution >= 0.6 is 0 Å². The average Bonchev–Trinajstić information content (AvgIpc) is 2.74. The third kappa shape index (κ3) is 4.99. The van der Waals surface area contributed by atoms with Crippen molar-refractivity contribution >= 4 is 17.5 Å². The van der Waals surface area contributed by atoms with Crippen molar-refractivity contribution in [2.45, 2.75) is 19.9 Å². The van der Waals surface area contributed by atoms with Crippen molar-refractivity contribution < 1.29 is 14.3 Å². The molecule has 0 aliphatic heterocycles. The van der Waals surface area contributed by atoms with Crippen molar-refractivity contribution in [2.24, 2.45) is 0 Å². The highest BCUT2D eigenvalue weighted by atomic mass is 16.5. The fourth-order valence-corrected chi connectivity index (χ4v) is 2.91. The van der Waals surface area contributed by atoms with Crippen LogP contribution in [0, 0.1) is 6.92 Å². The van der Waals surface area contributed by atoms with Crippen LogP contribution in [0.3, 0.4) is 0 Å². The van der Waals surface area contributed by atoms with Crippen LogP contribution < -0.4 is 15.4 Å². The van der Waals surface area contributed by atoms with Crippen molar-refractivity contribution in [3.05, 3.63) is 89.2 Å². The second-order valence-corrected chi connectivity index (χ2v) is 6.73. The van der Waals surface area contributed by atoms with E-state index in [1.165, 1.54) is 18.5 Å². The lowest BCUT2D eigenvalue weighted by atomic mass is 10.1. The zero-order chi connectivity index (χ0) is 20.8. The molecule has 1 unspecified atom stereocenters. The first-order valence-electron chi connectivity index (χ1n) is 9.25. The first kappa shape index (κ1) is 20.1. The third-order valence-corrected chi connectivity index (χ3v) is 4.51. The predicted octanol–water partition coefficient (Wildman–Crippen LogP) is 4.14. The number of carbonyl (C=O) groups excluding carboxylic acids is 2. The van der Waals surface area contributed by atoms with Gasteiger partial charge in [-0.15, -0.1) is 0 Å². The van der Waals surface area contributed by atoms with Crippen molar-refractivity contribution in [1.82, 2.24) is 10.3 Å². The second-order valence-electron chi connectivity index (χ2n) is 6.73. The van der Waals surface area contributed by atoms with E-state index in [-0.39, 0.29) is 23.4 Å². The number of pyridine rings is 1. The summed E-state index contributed by atoms with van der Waals surface area (Å²) in [6.45, 7) is 3.83. The molecule has 0 radical (unpaired) electrons. The summed E-state index contributed by atoms with van der Waals surface area (Å²) in [5.41, 5.74) is 3.15. The zero-order valence-corrected chi connectivity index (χ0v) is 16.6. The largest absolute Gasteiger partial charge is 0.495 e. The van der Waals surface area contributed by atoms with Gasteiger partial charge in [0.05, 0.1) is 30.0 Å². The first-order chi connectivity index (χ1) is 14.0. The summed E-state index contributed by atoms with van der Waals surface area (Å²) in [4.78, 5) is 29.3. The lowest BCUT2D eigenvalue weighted by molar-refractivity contribution is 0.0939. The number of hydrogen-bond donors (Lipinski definition) is 2. The molecule has 1 aromatic heterocycles. The first-order valence-corrected chi connectivity index (χ1v) is 9.25. The number of rotatable bonds is 6. The smallest absolute Gasteiger partial charge is 0.257 e. The molecule has 0 spiro atoms. The Labute approximate surface area is 169 Å². The summed E-state index contributed by atoms with van der Waals surface area (Å²) < 4.78 is 5.29. The van der Waals surface area contributed by atoms with E-state index >= 15 is 0 Å². The van der Waals surface area contributed by atoms with Crippen LogP contribution in [-0.4, -0.2) is 23.9 Å². The van der Waals surface area contributed by atoms with E-state index in [0.717, 1.165) is 11.1 Å². The number of benzene rings is 2. The third-order valence-electron chi connectivity index (χ3n) is 4.51. The minimum Gasteiger partial charge on any atom is -0.495 e. The van der Waals surface area contributed by atoms with E-state index in [9.17, 15) is 9.59 Å². The van der Waals surface area contributed by atoms with Gasteiger partial charge in [0.15, 0.2) is 0 Å². The number of nitrogens with zero attached hydrogens (tertiary/aromatic N) is 1. The van der Waals surface area contributed by atoms with Gasteiger partial charge in [0.25, 0.3) is 11.8 Å². The summed E-state index contributed by atoms with van der Waals surface area (Å²) in [6, 6.07) is 16.5. The van der Waals surface area contributed by atoms with Gasteiger partial charge in [-0.3, -0.25) is 14.6 Å². The molecule has 1 heterocycles. The molecule has 148 valence electrons. The molecule has 0 saturated carbocycles. The van der Waals surface area contributed by atoms with E-state index in [4.69, 9.17) is 4.74 Å². The molecule has 6 nitrogen and oxygen atoms in total. The number of aromatic nitrogens is 1. The van der Waals surface area contributed by atoms with Gasteiger partial charge in [-0.2, -0.15) is 0 Å². The van der Waals surface area contributed by atoms with Gasteiger partial charge in [0.2, 0.25) is 0 Å². The fourth-order valence-electron chi connectivity index (χ4n) is 2.91. The fraction of sp³-hybridized carbons (Fsp3) is 0.174. The number of methoxy groups -OCH3 is 1. The molecule has 0 aliphatic rings. The van der Waals surface area contributed by atoms with E-state index < -0.39 is 0 Å². The Bertz CT molecular complexity index is 1020. The van der Waals surface area contributed by atoms with Gasteiger partial charge < -0.3 is 15.4 Å².